The first-order valence-corrected chi connectivity index (χ1v) is 13.7. The molecule has 1 saturated heterocycles. The quantitative estimate of drug-likeness (QED) is 0.277. The second kappa shape index (κ2) is 10.8. The van der Waals surface area contributed by atoms with E-state index in [4.69, 9.17) is 0 Å². The molecule has 1 aliphatic heterocycles. The van der Waals surface area contributed by atoms with Crippen molar-refractivity contribution in [3.63, 3.8) is 0 Å². The summed E-state index contributed by atoms with van der Waals surface area (Å²) in [6, 6.07) is 10.6. The average Bonchev–Trinajstić information content (AvgIpc) is 3.32. The van der Waals surface area contributed by atoms with Crippen molar-refractivity contribution in [3.8, 4) is 0 Å². The Morgan fingerprint density at radius 1 is 1.23 bits per heavy atom. The van der Waals surface area contributed by atoms with Gasteiger partial charge in [-0.25, -0.2) is 21.6 Å². The van der Waals surface area contributed by atoms with Crippen LogP contribution in [0.4, 0.5) is 5.69 Å². The minimum atomic E-state index is -4.25. The fraction of sp³-hybridized carbons (Fsp3) is 0.304. The van der Waals surface area contributed by atoms with Gasteiger partial charge in [-0.05, 0) is 43.5 Å². The Kier molecular flexibility index (Phi) is 8.23. The van der Waals surface area contributed by atoms with Gasteiger partial charge in [0.25, 0.3) is 5.69 Å². The highest BCUT2D eigenvalue weighted by Gasteiger charge is 2.42. The lowest BCUT2D eigenvalue weighted by atomic mass is 10.0. The third-order valence-electron chi connectivity index (χ3n) is 5.70. The number of nitrogens with zero attached hydrogens (tertiary/aromatic N) is 2. The van der Waals surface area contributed by atoms with Gasteiger partial charge in [0.05, 0.1) is 22.0 Å². The molecule has 1 heterocycles. The number of hydrogen-bond acceptors (Lipinski definition) is 7. The first-order chi connectivity index (χ1) is 16.4. The van der Waals surface area contributed by atoms with Crippen LogP contribution in [0.3, 0.4) is 0 Å². The van der Waals surface area contributed by atoms with Crippen LogP contribution in [0, 0.1) is 17.0 Å². The molecule has 0 amide bonds. The minimum absolute atomic E-state index is 0.0646. The van der Waals surface area contributed by atoms with Crippen molar-refractivity contribution in [3.05, 3.63) is 88.5 Å². The van der Waals surface area contributed by atoms with E-state index in [0.29, 0.717) is 12.8 Å². The predicted molar refractivity (Wildman–Crippen MR) is 131 cm³/mol. The predicted octanol–water partition coefficient (Wildman–Crippen LogP) is 2.51. The van der Waals surface area contributed by atoms with E-state index in [9.17, 15) is 32.1 Å². The lowest BCUT2D eigenvalue weighted by molar-refractivity contribution is -0.387. The average molecular weight is 522 g/mol. The summed E-state index contributed by atoms with van der Waals surface area (Å²) in [6.07, 6.45) is 2.42. The summed E-state index contributed by atoms with van der Waals surface area (Å²) in [6.45, 7) is 5.68. The maximum Gasteiger partial charge on any atom is 0.289 e. The third kappa shape index (κ3) is 6.03. The van der Waals surface area contributed by atoms with Gasteiger partial charge in [0, 0.05) is 19.2 Å². The summed E-state index contributed by atoms with van der Waals surface area (Å²) >= 11 is 0. The number of aliphatic hydroxyl groups excluding tert-OH is 1. The van der Waals surface area contributed by atoms with Crippen molar-refractivity contribution in [2.45, 2.75) is 41.7 Å². The molecule has 3 rings (SSSR count). The number of rotatable bonds is 10. The number of nitro groups is 1. The molecule has 2 atom stereocenters. The summed E-state index contributed by atoms with van der Waals surface area (Å²) in [5.41, 5.74) is 0.584. The lowest BCUT2D eigenvalue weighted by Crippen LogP contribution is -2.43. The number of hydrogen-bond donors (Lipinski definition) is 2. The Hall–Kier alpha value is -2.90. The summed E-state index contributed by atoms with van der Waals surface area (Å²) in [5, 5.41) is 22.1. The molecule has 1 aliphatic rings. The van der Waals surface area contributed by atoms with E-state index in [2.05, 4.69) is 11.3 Å². The number of nitrogens with one attached hydrogen (secondary N) is 1. The monoisotopic (exact) mass is 521 g/mol. The molecule has 0 saturated carbocycles. The van der Waals surface area contributed by atoms with Crippen LogP contribution in [0.25, 0.3) is 0 Å². The molecule has 12 heteroatoms. The summed E-state index contributed by atoms with van der Waals surface area (Å²) < 4.78 is 54.6. The van der Waals surface area contributed by atoms with Crippen LogP contribution >= 0.6 is 0 Å². The molecule has 0 aliphatic carbocycles. The van der Waals surface area contributed by atoms with E-state index in [-0.39, 0.29) is 23.6 Å². The molecule has 10 nitrogen and oxygen atoms in total. The lowest BCUT2D eigenvalue weighted by Gasteiger charge is -2.28. The Morgan fingerprint density at radius 3 is 2.54 bits per heavy atom. The Morgan fingerprint density at radius 2 is 1.89 bits per heavy atom. The number of aliphatic hydroxyl groups is 1. The zero-order valence-corrected chi connectivity index (χ0v) is 20.7. The molecule has 2 aromatic carbocycles. The molecule has 2 aromatic rings. The van der Waals surface area contributed by atoms with Gasteiger partial charge in [-0.3, -0.25) is 10.1 Å². The SMILES string of the molecule is C=C(/C=C\CNS(=O)(=O)c1ccc(C)cc1)[C@H](O)[C@H]1CCCN1S(=O)(=O)c1ccccc1[N+](=O)[O-]. The summed E-state index contributed by atoms with van der Waals surface area (Å²) in [5.74, 6) is 0. The van der Waals surface area contributed by atoms with Gasteiger partial charge in [-0.2, -0.15) is 4.31 Å². The van der Waals surface area contributed by atoms with Crippen LogP contribution in [-0.2, 0) is 20.0 Å². The maximum absolute atomic E-state index is 13.2. The molecule has 35 heavy (non-hydrogen) atoms. The van der Waals surface area contributed by atoms with Crippen LogP contribution in [0.15, 0.2) is 82.6 Å². The molecule has 2 N–H and O–H groups in total. The Labute approximate surface area is 204 Å². The van der Waals surface area contributed by atoms with Gasteiger partial charge in [-0.15, -0.1) is 0 Å². The number of benzene rings is 2. The highest BCUT2D eigenvalue weighted by atomic mass is 32.2. The second-order valence-corrected chi connectivity index (χ2v) is 11.8. The first kappa shape index (κ1) is 26.7. The molecule has 0 bridgehead atoms. The van der Waals surface area contributed by atoms with Crippen molar-refractivity contribution in [1.82, 2.24) is 9.03 Å². The highest BCUT2D eigenvalue weighted by molar-refractivity contribution is 7.89. The zero-order valence-electron chi connectivity index (χ0n) is 19.1. The minimum Gasteiger partial charge on any atom is -0.387 e. The van der Waals surface area contributed by atoms with Crippen LogP contribution in [-0.4, -0.2) is 56.4 Å². The fourth-order valence-electron chi connectivity index (χ4n) is 3.85. The number of aryl methyl sites for hydroxylation is 1. The van der Waals surface area contributed by atoms with Gasteiger partial charge in [0.2, 0.25) is 20.0 Å². The van der Waals surface area contributed by atoms with Crippen molar-refractivity contribution in [2.75, 3.05) is 13.1 Å². The number of para-hydroxylation sites is 1. The van der Waals surface area contributed by atoms with E-state index in [1.165, 1.54) is 42.5 Å². The Bertz CT molecular complexity index is 1340. The number of sulfonamides is 2. The molecule has 188 valence electrons. The smallest absolute Gasteiger partial charge is 0.289 e. The van der Waals surface area contributed by atoms with E-state index in [1.807, 2.05) is 6.92 Å². The molecule has 0 spiro atoms. The van der Waals surface area contributed by atoms with E-state index in [1.54, 1.807) is 12.1 Å². The van der Waals surface area contributed by atoms with E-state index >= 15 is 0 Å². The molecular formula is C23H27N3O7S2. The first-order valence-electron chi connectivity index (χ1n) is 10.8. The normalized spacial score (nSPS) is 18.1. The summed E-state index contributed by atoms with van der Waals surface area (Å²) in [4.78, 5) is 10.3. The highest BCUT2D eigenvalue weighted by Crippen LogP contribution is 2.33. The van der Waals surface area contributed by atoms with Gasteiger partial charge in [0.15, 0.2) is 4.90 Å². The zero-order chi connectivity index (χ0) is 25.8. The van der Waals surface area contributed by atoms with Crippen LogP contribution < -0.4 is 4.72 Å². The van der Waals surface area contributed by atoms with Crippen molar-refractivity contribution < 1.29 is 26.9 Å². The van der Waals surface area contributed by atoms with Gasteiger partial charge in [-0.1, -0.05) is 48.6 Å². The molecule has 1 fully saturated rings. The fourth-order valence-corrected chi connectivity index (χ4v) is 6.68. The standard InChI is InChI=1S/C23H27N3O7S2/c1-17-11-13-19(14-12-17)34(30,31)24-15-5-7-18(2)23(27)21-9-6-16-25(21)35(32,33)22-10-4-3-8-20(22)26(28)29/h3-5,7-8,10-14,21,23-24,27H,2,6,9,15-16H2,1H3/b7-5-/t21-,23+/m1/s1. The topological polar surface area (TPSA) is 147 Å². The molecule has 0 unspecified atom stereocenters. The van der Waals surface area contributed by atoms with Gasteiger partial charge in [0.1, 0.15) is 0 Å². The van der Waals surface area contributed by atoms with Crippen LogP contribution in [0.5, 0.6) is 0 Å². The van der Waals surface area contributed by atoms with Crippen molar-refractivity contribution >= 4 is 25.7 Å². The molecule has 0 aromatic heterocycles. The largest absolute Gasteiger partial charge is 0.387 e. The molecular weight excluding hydrogens is 494 g/mol. The van der Waals surface area contributed by atoms with Crippen molar-refractivity contribution in [2.24, 2.45) is 0 Å². The molecule has 0 radical (unpaired) electrons. The van der Waals surface area contributed by atoms with E-state index < -0.39 is 47.7 Å². The van der Waals surface area contributed by atoms with Crippen LogP contribution in [0.2, 0.25) is 0 Å². The van der Waals surface area contributed by atoms with Gasteiger partial charge >= 0.3 is 0 Å². The van der Waals surface area contributed by atoms with Crippen LogP contribution in [0.1, 0.15) is 18.4 Å². The van der Waals surface area contributed by atoms with Crippen molar-refractivity contribution in [1.29, 1.82) is 0 Å². The second-order valence-electron chi connectivity index (χ2n) is 8.14. The number of nitro benzene ring substituents is 1. The van der Waals surface area contributed by atoms with Gasteiger partial charge < -0.3 is 5.11 Å². The third-order valence-corrected chi connectivity index (χ3v) is 9.11. The van der Waals surface area contributed by atoms with E-state index in [0.717, 1.165) is 15.9 Å². The maximum atomic E-state index is 13.2. The summed E-state index contributed by atoms with van der Waals surface area (Å²) in [7, 11) is -7.96. The Balaban J connectivity index is 1.69.